The molecule has 1 aliphatic rings. The molecule has 0 atom stereocenters. The molecule has 3 nitrogen and oxygen atoms in total. The fourth-order valence-electron chi connectivity index (χ4n) is 1.66. The van der Waals surface area contributed by atoms with Crippen molar-refractivity contribution in [2.45, 2.75) is 5.41 Å². The van der Waals surface area contributed by atoms with Gasteiger partial charge in [0, 0.05) is 0 Å². The van der Waals surface area contributed by atoms with E-state index in [-0.39, 0.29) is 5.97 Å². The van der Waals surface area contributed by atoms with Gasteiger partial charge >= 0.3 is 5.97 Å². The van der Waals surface area contributed by atoms with Gasteiger partial charge in [-0.2, -0.15) is 0 Å². The molecular formula is C11H12O3. The Hall–Kier alpha value is -1.35. The highest BCUT2D eigenvalue weighted by molar-refractivity contribution is 5.84. The molecule has 0 radical (unpaired) electrons. The highest BCUT2D eigenvalue weighted by Crippen LogP contribution is 2.33. The highest BCUT2D eigenvalue weighted by Gasteiger charge is 2.48. The van der Waals surface area contributed by atoms with Crippen molar-refractivity contribution in [3.63, 3.8) is 0 Å². The monoisotopic (exact) mass is 192 g/mol. The Morgan fingerprint density at radius 1 is 1.36 bits per heavy atom. The molecule has 1 aromatic carbocycles. The molecule has 0 amide bonds. The summed E-state index contributed by atoms with van der Waals surface area (Å²) >= 11 is 0. The van der Waals surface area contributed by atoms with Crippen molar-refractivity contribution < 1.29 is 14.3 Å². The van der Waals surface area contributed by atoms with Crippen LogP contribution in [0.4, 0.5) is 0 Å². The topological polar surface area (TPSA) is 35.5 Å². The molecule has 1 fully saturated rings. The summed E-state index contributed by atoms with van der Waals surface area (Å²) in [6.07, 6.45) is 0. The number of rotatable bonds is 2. The van der Waals surface area contributed by atoms with Crippen LogP contribution in [0.2, 0.25) is 0 Å². The minimum atomic E-state index is -0.560. The van der Waals surface area contributed by atoms with Crippen LogP contribution < -0.4 is 0 Å². The number of carbonyl (C=O) groups is 1. The van der Waals surface area contributed by atoms with Gasteiger partial charge in [-0.1, -0.05) is 30.3 Å². The van der Waals surface area contributed by atoms with Crippen LogP contribution in [0.25, 0.3) is 0 Å². The lowest BCUT2D eigenvalue weighted by Crippen LogP contribution is -2.53. The van der Waals surface area contributed by atoms with Crippen molar-refractivity contribution in [3.05, 3.63) is 35.9 Å². The van der Waals surface area contributed by atoms with E-state index in [1.54, 1.807) is 0 Å². The largest absolute Gasteiger partial charge is 0.468 e. The van der Waals surface area contributed by atoms with Gasteiger partial charge in [0.05, 0.1) is 20.3 Å². The minimum Gasteiger partial charge on any atom is -0.468 e. The zero-order valence-electron chi connectivity index (χ0n) is 8.03. The number of methoxy groups -OCH3 is 1. The van der Waals surface area contributed by atoms with E-state index in [1.807, 2.05) is 30.3 Å². The van der Waals surface area contributed by atoms with Gasteiger partial charge in [0.25, 0.3) is 0 Å². The van der Waals surface area contributed by atoms with E-state index in [2.05, 4.69) is 0 Å². The van der Waals surface area contributed by atoms with Gasteiger partial charge in [0.15, 0.2) is 0 Å². The summed E-state index contributed by atoms with van der Waals surface area (Å²) in [6.45, 7) is 0.841. The third-order valence-corrected chi connectivity index (χ3v) is 2.60. The van der Waals surface area contributed by atoms with Gasteiger partial charge in [-0.15, -0.1) is 0 Å². The van der Waals surface area contributed by atoms with Crippen LogP contribution in [0.1, 0.15) is 5.56 Å². The van der Waals surface area contributed by atoms with Gasteiger partial charge in [-0.3, -0.25) is 4.79 Å². The molecule has 1 heterocycles. The smallest absolute Gasteiger partial charge is 0.321 e. The molecule has 3 heteroatoms. The summed E-state index contributed by atoms with van der Waals surface area (Å²) in [5.74, 6) is -0.213. The second-order valence-corrected chi connectivity index (χ2v) is 3.43. The van der Waals surface area contributed by atoms with E-state index in [1.165, 1.54) is 7.11 Å². The summed E-state index contributed by atoms with van der Waals surface area (Å²) in [5, 5.41) is 0. The second kappa shape index (κ2) is 3.42. The maximum absolute atomic E-state index is 11.6. The SMILES string of the molecule is COC(=O)C1(c2ccccc2)COC1. The molecule has 0 N–H and O–H groups in total. The van der Waals surface area contributed by atoms with Gasteiger partial charge in [0.2, 0.25) is 0 Å². The van der Waals surface area contributed by atoms with Gasteiger partial charge in [-0.05, 0) is 5.56 Å². The van der Waals surface area contributed by atoms with E-state index in [9.17, 15) is 4.79 Å². The zero-order valence-corrected chi connectivity index (χ0v) is 8.03. The maximum Gasteiger partial charge on any atom is 0.321 e. The van der Waals surface area contributed by atoms with Gasteiger partial charge in [0.1, 0.15) is 5.41 Å². The van der Waals surface area contributed by atoms with Crippen LogP contribution in [-0.2, 0) is 19.7 Å². The molecule has 74 valence electrons. The summed E-state index contributed by atoms with van der Waals surface area (Å²) in [5.41, 5.74) is 0.411. The quantitative estimate of drug-likeness (QED) is 0.659. The summed E-state index contributed by atoms with van der Waals surface area (Å²) in [7, 11) is 1.41. The van der Waals surface area contributed by atoms with Crippen LogP contribution >= 0.6 is 0 Å². The molecule has 1 aromatic rings. The first-order chi connectivity index (χ1) is 6.79. The Morgan fingerprint density at radius 2 is 2.00 bits per heavy atom. The van der Waals surface area contributed by atoms with E-state index >= 15 is 0 Å². The average Bonchev–Trinajstić information content (AvgIpc) is 2.17. The molecule has 0 spiro atoms. The summed E-state index contributed by atoms with van der Waals surface area (Å²) < 4.78 is 9.91. The van der Waals surface area contributed by atoms with Crippen molar-refractivity contribution in [2.24, 2.45) is 0 Å². The molecule has 2 rings (SSSR count). The van der Waals surface area contributed by atoms with E-state index in [0.29, 0.717) is 13.2 Å². The Balaban J connectivity index is 2.34. The second-order valence-electron chi connectivity index (χ2n) is 3.43. The highest BCUT2D eigenvalue weighted by atomic mass is 16.5. The fraction of sp³-hybridized carbons (Fsp3) is 0.364. The first kappa shape index (κ1) is 9.21. The van der Waals surface area contributed by atoms with Crippen LogP contribution in [0, 0.1) is 0 Å². The van der Waals surface area contributed by atoms with Gasteiger partial charge < -0.3 is 9.47 Å². The average molecular weight is 192 g/mol. The van der Waals surface area contributed by atoms with Crippen LogP contribution in [0.3, 0.4) is 0 Å². The normalized spacial score (nSPS) is 18.4. The number of hydrogen-bond acceptors (Lipinski definition) is 3. The van der Waals surface area contributed by atoms with Crippen LogP contribution in [0.5, 0.6) is 0 Å². The third-order valence-electron chi connectivity index (χ3n) is 2.60. The fourth-order valence-corrected chi connectivity index (χ4v) is 1.66. The summed E-state index contributed by atoms with van der Waals surface area (Å²) in [6, 6.07) is 9.61. The summed E-state index contributed by atoms with van der Waals surface area (Å²) in [4.78, 5) is 11.6. The molecular weight excluding hydrogens is 180 g/mol. The third kappa shape index (κ3) is 1.21. The van der Waals surface area contributed by atoms with Crippen LogP contribution in [-0.4, -0.2) is 26.3 Å². The lowest BCUT2D eigenvalue weighted by atomic mass is 9.79. The maximum atomic E-state index is 11.6. The zero-order chi connectivity index (χ0) is 10.0. The lowest BCUT2D eigenvalue weighted by molar-refractivity contribution is -0.166. The van der Waals surface area contributed by atoms with Crippen LogP contribution in [0.15, 0.2) is 30.3 Å². The Bertz CT molecular complexity index is 328. The molecule has 1 saturated heterocycles. The van der Waals surface area contributed by atoms with Crippen molar-refractivity contribution in [2.75, 3.05) is 20.3 Å². The Morgan fingerprint density at radius 3 is 2.43 bits per heavy atom. The molecule has 0 bridgehead atoms. The molecule has 0 aliphatic carbocycles. The van der Waals surface area contributed by atoms with Crippen molar-refractivity contribution in [3.8, 4) is 0 Å². The van der Waals surface area contributed by atoms with Crippen molar-refractivity contribution in [1.29, 1.82) is 0 Å². The first-order valence-corrected chi connectivity index (χ1v) is 4.51. The Labute approximate surface area is 82.6 Å². The Kier molecular flexibility index (Phi) is 2.25. The van der Waals surface area contributed by atoms with Crippen molar-refractivity contribution in [1.82, 2.24) is 0 Å². The molecule has 0 saturated carbocycles. The molecule has 1 aliphatic heterocycles. The predicted molar refractivity (Wildman–Crippen MR) is 51.0 cm³/mol. The molecule has 0 aromatic heterocycles. The van der Waals surface area contributed by atoms with Gasteiger partial charge in [-0.25, -0.2) is 0 Å². The molecule has 0 unspecified atom stereocenters. The predicted octanol–water partition coefficient (Wildman–Crippen LogP) is 1.13. The first-order valence-electron chi connectivity index (χ1n) is 4.51. The number of esters is 1. The number of benzene rings is 1. The number of hydrogen-bond donors (Lipinski definition) is 0. The number of carbonyl (C=O) groups excluding carboxylic acids is 1. The lowest BCUT2D eigenvalue weighted by Gasteiger charge is -2.38. The van der Waals surface area contributed by atoms with E-state index in [0.717, 1.165) is 5.56 Å². The standard InChI is InChI=1S/C11H12O3/c1-13-10(12)11(7-14-8-11)9-5-3-2-4-6-9/h2-6H,7-8H2,1H3. The minimum absolute atomic E-state index is 0.213. The van der Waals surface area contributed by atoms with E-state index < -0.39 is 5.41 Å². The van der Waals surface area contributed by atoms with Crippen molar-refractivity contribution >= 4 is 5.97 Å². The van der Waals surface area contributed by atoms with E-state index in [4.69, 9.17) is 9.47 Å². The number of ether oxygens (including phenoxy) is 2. The molecule has 14 heavy (non-hydrogen) atoms.